The SMILES string of the molecule is CC(C)CCSc1ccc(C(=O)Nc2nc(CC(N)=O)cs2)cc1[N+](=O)[O-]. The van der Waals surface area contributed by atoms with Gasteiger partial charge in [0.2, 0.25) is 5.91 Å². The van der Waals surface area contributed by atoms with E-state index in [1.165, 1.54) is 17.8 Å². The lowest BCUT2D eigenvalue weighted by Crippen LogP contribution is -2.14. The third-order valence-corrected chi connectivity index (χ3v) is 5.40. The van der Waals surface area contributed by atoms with Gasteiger partial charge in [-0.2, -0.15) is 0 Å². The van der Waals surface area contributed by atoms with Gasteiger partial charge in [0, 0.05) is 17.0 Å². The number of rotatable bonds is 9. The van der Waals surface area contributed by atoms with E-state index in [4.69, 9.17) is 5.73 Å². The van der Waals surface area contributed by atoms with Gasteiger partial charge in [-0.1, -0.05) is 13.8 Å². The summed E-state index contributed by atoms with van der Waals surface area (Å²) in [6, 6.07) is 4.42. The van der Waals surface area contributed by atoms with E-state index in [0.29, 0.717) is 21.6 Å². The fourth-order valence-electron chi connectivity index (χ4n) is 2.12. The Morgan fingerprint density at radius 3 is 2.78 bits per heavy atom. The zero-order valence-electron chi connectivity index (χ0n) is 14.9. The van der Waals surface area contributed by atoms with Gasteiger partial charge in [0.1, 0.15) is 0 Å². The monoisotopic (exact) mass is 408 g/mol. The molecular formula is C17H20N4O4S2. The predicted octanol–water partition coefficient (Wildman–Crippen LogP) is 3.47. The number of nitro benzene ring substituents is 1. The molecule has 8 nitrogen and oxygen atoms in total. The number of hydrogen-bond acceptors (Lipinski definition) is 7. The zero-order chi connectivity index (χ0) is 20.0. The molecule has 2 aromatic rings. The van der Waals surface area contributed by atoms with Crippen LogP contribution >= 0.6 is 23.1 Å². The van der Waals surface area contributed by atoms with Crippen LogP contribution < -0.4 is 11.1 Å². The molecule has 0 unspecified atom stereocenters. The molecule has 0 atom stereocenters. The topological polar surface area (TPSA) is 128 Å². The van der Waals surface area contributed by atoms with Crippen molar-refractivity contribution in [3.05, 3.63) is 45.0 Å². The molecule has 0 saturated carbocycles. The van der Waals surface area contributed by atoms with Gasteiger partial charge >= 0.3 is 0 Å². The second-order valence-electron chi connectivity index (χ2n) is 6.21. The summed E-state index contributed by atoms with van der Waals surface area (Å²) in [5.74, 6) is 0.266. The Morgan fingerprint density at radius 2 is 2.15 bits per heavy atom. The summed E-state index contributed by atoms with van der Waals surface area (Å²) in [5, 5.41) is 15.9. The van der Waals surface area contributed by atoms with Gasteiger partial charge < -0.3 is 5.73 Å². The highest BCUT2D eigenvalue weighted by Crippen LogP contribution is 2.31. The summed E-state index contributed by atoms with van der Waals surface area (Å²) in [6.07, 6.45) is 0.932. The molecule has 0 aliphatic carbocycles. The van der Waals surface area contributed by atoms with Crippen molar-refractivity contribution in [1.82, 2.24) is 4.98 Å². The average molecular weight is 409 g/mol. The Labute approximate surface area is 164 Å². The predicted molar refractivity (Wildman–Crippen MR) is 106 cm³/mol. The number of carbonyl (C=O) groups excluding carboxylic acids is 2. The molecule has 0 aliphatic heterocycles. The second kappa shape index (κ2) is 9.47. The minimum Gasteiger partial charge on any atom is -0.369 e. The number of nitrogens with zero attached hydrogens (tertiary/aromatic N) is 2. The molecule has 27 heavy (non-hydrogen) atoms. The molecule has 2 rings (SSSR count). The summed E-state index contributed by atoms with van der Waals surface area (Å²) >= 11 is 2.56. The van der Waals surface area contributed by atoms with E-state index >= 15 is 0 Å². The molecule has 0 saturated heterocycles. The molecule has 0 fully saturated rings. The molecule has 10 heteroatoms. The second-order valence-corrected chi connectivity index (χ2v) is 8.21. The fourth-order valence-corrected chi connectivity index (χ4v) is 4.08. The quantitative estimate of drug-likeness (QED) is 0.371. The summed E-state index contributed by atoms with van der Waals surface area (Å²) < 4.78 is 0. The molecule has 1 aromatic heterocycles. The van der Waals surface area contributed by atoms with Crippen LogP contribution in [0.3, 0.4) is 0 Å². The number of aromatic nitrogens is 1. The maximum Gasteiger partial charge on any atom is 0.283 e. The lowest BCUT2D eigenvalue weighted by Gasteiger charge is -2.07. The van der Waals surface area contributed by atoms with Gasteiger partial charge in [0.25, 0.3) is 11.6 Å². The minimum atomic E-state index is -0.514. The van der Waals surface area contributed by atoms with E-state index in [9.17, 15) is 19.7 Å². The number of primary amides is 1. The highest BCUT2D eigenvalue weighted by molar-refractivity contribution is 7.99. The lowest BCUT2D eigenvalue weighted by molar-refractivity contribution is -0.387. The molecule has 0 radical (unpaired) electrons. The van der Waals surface area contributed by atoms with Crippen molar-refractivity contribution in [3.63, 3.8) is 0 Å². The molecule has 1 aromatic carbocycles. The Kier molecular flexibility index (Phi) is 7.31. The lowest BCUT2D eigenvalue weighted by atomic mass is 10.2. The number of benzene rings is 1. The third kappa shape index (κ3) is 6.33. The zero-order valence-corrected chi connectivity index (χ0v) is 16.6. The van der Waals surface area contributed by atoms with Crippen LogP contribution in [0.1, 0.15) is 36.3 Å². The van der Waals surface area contributed by atoms with Crippen LogP contribution in [0, 0.1) is 16.0 Å². The minimum absolute atomic E-state index is 0.0138. The number of hydrogen-bond donors (Lipinski definition) is 2. The van der Waals surface area contributed by atoms with Crippen LogP contribution in [-0.2, 0) is 11.2 Å². The van der Waals surface area contributed by atoms with Crippen LogP contribution in [0.15, 0.2) is 28.5 Å². The van der Waals surface area contributed by atoms with E-state index in [2.05, 4.69) is 24.1 Å². The van der Waals surface area contributed by atoms with Crippen molar-refractivity contribution in [2.75, 3.05) is 11.1 Å². The highest BCUT2D eigenvalue weighted by Gasteiger charge is 2.19. The Balaban J connectivity index is 2.11. The van der Waals surface area contributed by atoms with E-state index in [1.54, 1.807) is 17.5 Å². The van der Waals surface area contributed by atoms with Crippen LogP contribution in [-0.4, -0.2) is 27.5 Å². The van der Waals surface area contributed by atoms with Crippen LogP contribution in [0.5, 0.6) is 0 Å². The first-order valence-electron chi connectivity index (χ1n) is 8.21. The molecule has 1 heterocycles. The maximum atomic E-state index is 12.4. The van der Waals surface area contributed by atoms with E-state index < -0.39 is 16.7 Å². The number of thiazole rings is 1. The van der Waals surface area contributed by atoms with Crippen LogP contribution in [0.2, 0.25) is 0 Å². The van der Waals surface area contributed by atoms with Crippen molar-refractivity contribution in [2.45, 2.75) is 31.6 Å². The Bertz CT molecular complexity index is 851. The van der Waals surface area contributed by atoms with E-state index in [-0.39, 0.29) is 17.7 Å². The van der Waals surface area contributed by atoms with Gasteiger partial charge in [0.15, 0.2) is 5.13 Å². The summed E-state index contributed by atoms with van der Waals surface area (Å²) in [5.41, 5.74) is 5.65. The maximum absolute atomic E-state index is 12.4. The van der Waals surface area contributed by atoms with Crippen molar-refractivity contribution >= 4 is 45.7 Å². The fraction of sp³-hybridized carbons (Fsp3) is 0.353. The van der Waals surface area contributed by atoms with Gasteiger partial charge in [0.05, 0.1) is 21.9 Å². The van der Waals surface area contributed by atoms with E-state index in [0.717, 1.165) is 23.5 Å². The molecule has 0 bridgehead atoms. The number of nitrogens with two attached hydrogens (primary N) is 1. The molecule has 0 aliphatic rings. The first-order valence-corrected chi connectivity index (χ1v) is 10.1. The van der Waals surface area contributed by atoms with Crippen molar-refractivity contribution in [1.29, 1.82) is 0 Å². The molecular weight excluding hydrogens is 388 g/mol. The number of nitrogens with one attached hydrogen (secondary N) is 1. The normalized spacial score (nSPS) is 10.8. The van der Waals surface area contributed by atoms with Crippen molar-refractivity contribution in [2.24, 2.45) is 11.7 Å². The van der Waals surface area contributed by atoms with Crippen LogP contribution in [0.25, 0.3) is 0 Å². The third-order valence-electron chi connectivity index (χ3n) is 3.50. The summed E-state index contributed by atoms with van der Waals surface area (Å²) in [7, 11) is 0. The number of carbonyl (C=O) groups is 2. The van der Waals surface area contributed by atoms with Gasteiger partial charge in [-0.25, -0.2) is 4.98 Å². The first-order chi connectivity index (χ1) is 12.8. The summed E-state index contributed by atoms with van der Waals surface area (Å²) in [4.78, 5) is 38.8. The standard InChI is InChI=1S/C17H20N4O4S2/c1-10(2)5-6-26-14-4-3-11(7-13(14)21(24)25)16(23)20-17-19-12(9-27-17)8-15(18)22/h3-4,7,9-10H,5-6,8H2,1-2H3,(H2,18,22)(H,19,20,23). The number of thioether (sulfide) groups is 1. The smallest absolute Gasteiger partial charge is 0.283 e. The van der Waals surface area contributed by atoms with Gasteiger partial charge in [-0.3, -0.25) is 25.0 Å². The van der Waals surface area contributed by atoms with Crippen LogP contribution in [0.4, 0.5) is 10.8 Å². The number of anilines is 1. The molecule has 144 valence electrons. The Hall–Kier alpha value is -2.46. The number of nitro groups is 1. The molecule has 3 N–H and O–H groups in total. The van der Waals surface area contributed by atoms with Gasteiger partial charge in [-0.05, 0) is 30.2 Å². The van der Waals surface area contributed by atoms with Gasteiger partial charge in [-0.15, -0.1) is 23.1 Å². The van der Waals surface area contributed by atoms with Crippen molar-refractivity contribution < 1.29 is 14.5 Å². The van der Waals surface area contributed by atoms with Crippen molar-refractivity contribution in [3.8, 4) is 0 Å². The highest BCUT2D eigenvalue weighted by atomic mass is 32.2. The summed E-state index contributed by atoms with van der Waals surface area (Å²) in [6.45, 7) is 4.19. The average Bonchev–Trinajstić information content (AvgIpc) is 3.00. The number of amides is 2. The Morgan fingerprint density at radius 1 is 1.41 bits per heavy atom. The molecule has 0 spiro atoms. The van der Waals surface area contributed by atoms with E-state index in [1.807, 2.05) is 0 Å². The molecule has 2 amide bonds. The first kappa shape index (κ1) is 20.8. The largest absolute Gasteiger partial charge is 0.369 e.